The second kappa shape index (κ2) is 7.46. The van der Waals surface area contributed by atoms with Crippen molar-refractivity contribution >= 4 is 42.6 Å². The predicted molar refractivity (Wildman–Crippen MR) is 101 cm³/mol. The summed E-state index contributed by atoms with van der Waals surface area (Å²) in [5.41, 5.74) is 2.56. The lowest BCUT2D eigenvalue weighted by Gasteiger charge is -2.15. The molecule has 0 aliphatic heterocycles. The van der Waals surface area contributed by atoms with Crippen LogP contribution in [-0.2, 0) is 11.5 Å². The molecular weight excluding hydrogens is 328 g/mol. The highest BCUT2D eigenvalue weighted by atomic mass is 35.5. The first-order valence-corrected chi connectivity index (χ1v) is 12.0. The van der Waals surface area contributed by atoms with Crippen molar-refractivity contribution < 1.29 is 4.74 Å². The van der Waals surface area contributed by atoms with Crippen LogP contribution in [0.1, 0.15) is 12.5 Å². The minimum absolute atomic E-state index is 0.399. The SMILES string of the molecule is C=Cc1cc(Cl)nc2c(NCC)nn(COCC[Si](C)(C)C)c12. The Morgan fingerprint density at radius 1 is 1.43 bits per heavy atom. The third kappa shape index (κ3) is 4.56. The van der Waals surface area contributed by atoms with Crippen LogP contribution in [0.4, 0.5) is 5.82 Å². The van der Waals surface area contributed by atoms with Crippen molar-refractivity contribution in [2.75, 3.05) is 18.5 Å². The lowest BCUT2D eigenvalue weighted by molar-refractivity contribution is 0.0818. The summed E-state index contributed by atoms with van der Waals surface area (Å²) in [6, 6.07) is 2.93. The Labute approximate surface area is 143 Å². The minimum atomic E-state index is -1.09. The smallest absolute Gasteiger partial charge is 0.174 e. The molecule has 0 saturated heterocycles. The van der Waals surface area contributed by atoms with E-state index in [4.69, 9.17) is 16.3 Å². The van der Waals surface area contributed by atoms with E-state index in [0.717, 1.165) is 41.6 Å². The fourth-order valence-corrected chi connectivity index (χ4v) is 3.20. The van der Waals surface area contributed by atoms with Gasteiger partial charge in [-0.1, -0.05) is 43.9 Å². The summed E-state index contributed by atoms with van der Waals surface area (Å²) in [5.74, 6) is 0.724. The van der Waals surface area contributed by atoms with Crippen LogP contribution in [0.3, 0.4) is 0 Å². The quantitative estimate of drug-likeness (QED) is 0.432. The van der Waals surface area contributed by atoms with Gasteiger partial charge in [0.25, 0.3) is 0 Å². The molecule has 1 N–H and O–H groups in total. The van der Waals surface area contributed by atoms with Crippen LogP contribution in [-0.4, -0.2) is 36.0 Å². The van der Waals surface area contributed by atoms with Crippen molar-refractivity contribution in [2.45, 2.75) is 39.3 Å². The first-order chi connectivity index (χ1) is 10.9. The summed E-state index contributed by atoms with van der Waals surface area (Å²) in [4.78, 5) is 4.41. The Bertz CT molecular complexity index is 693. The van der Waals surface area contributed by atoms with Gasteiger partial charge in [0.2, 0.25) is 0 Å². The number of pyridine rings is 1. The fourth-order valence-electron chi connectivity index (χ4n) is 2.24. The van der Waals surface area contributed by atoms with Crippen molar-refractivity contribution in [1.82, 2.24) is 14.8 Å². The molecular formula is C16H25ClN4OSi. The largest absolute Gasteiger partial charge is 0.367 e. The number of hydrogen-bond acceptors (Lipinski definition) is 4. The van der Waals surface area contributed by atoms with E-state index in [0.29, 0.717) is 11.9 Å². The molecule has 2 heterocycles. The van der Waals surface area contributed by atoms with E-state index >= 15 is 0 Å². The number of rotatable bonds is 8. The Kier molecular flexibility index (Phi) is 5.83. The number of anilines is 1. The van der Waals surface area contributed by atoms with Crippen molar-refractivity contribution in [2.24, 2.45) is 0 Å². The van der Waals surface area contributed by atoms with Gasteiger partial charge in [0.15, 0.2) is 5.82 Å². The zero-order chi connectivity index (χ0) is 17.0. The van der Waals surface area contributed by atoms with E-state index in [1.807, 2.05) is 11.6 Å². The number of nitrogens with zero attached hydrogens (tertiary/aromatic N) is 3. The highest BCUT2D eigenvalue weighted by Crippen LogP contribution is 2.27. The van der Waals surface area contributed by atoms with E-state index in [2.05, 4.69) is 41.6 Å². The van der Waals surface area contributed by atoms with Crippen LogP contribution in [0.2, 0.25) is 30.8 Å². The van der Waals surface area contributed by atoms with Crippen LogP contribution < -0.4 is 5.32 Å². The molecule has 0 aliphatic rings. The maximum absolute atomic E-state index is 6.11. The van der Waals surface area contributed by atoms with Crippen molar-refractivity contribution in [3.05, 3.63) is 23.4 Å². The van der Waals surface area contributed by atoms with Crippen LogP contribution in [0.5, 0.6) is 0 Å². The van der Waals surface area contributed by atoms with Crippen LogP contribution in [0.25, 0.3) is 17.1 Å². The number of ether oxygens (including phenoxy) is 1. The van der Waals surface area contributed by atoms with E-state index in [-0.39, 0.29) is 0 Å². The standard InChI is InChI=1S/C16H25ClN4OSi/c1-6-12-10-13(17)19-14-15(12)21(20-16(14)18-7-2)11-22-8-9-23(3,4)5/h6,10H,1,7-9,11H2,2-5H3,(H,18,20). The van der Waals surface area contributed by atoms with Crippen LogP contribution in [0.15, 0.2) is 12.6 Å². The fraction of sp³-hybridized carbons (Fsp3) is 0.500. The Hall–Kier alpha value is -1.37. The maximum Gasteiger partial charge on any atom is 0.174 e. The molecule has 0 atom stereocenters. The van der Waals surface area contributed by atoms with Gasteiger partial charge in [-0.05, 0) is 19.0 Å². The number of halogens is 1. The number of nitrogens with one attached hydrogen (secondary N) is 1. The molecule has 0 amide bonds. The first kappa shape index (κ1) is 18.0. The Balaban J connectivity index is 2.29. The number of fused-ring (bicyclic) bond motifs is 1. The van der Waals surface area contributed by atoms with Gasteiger partial charge in [-0.25, -0.2) is 9.67 Å². The van der Waals surface area contributed by atoms with Crippen LogP contribution >= 0.6 is 11.6 Å². The number of hydrogen-bond donors (Lipinski definition) is 1. The molecule has 0 spiro atoms. The first-order valence-electron chi connectivity index (χ1n) is 7.87. The second-order valence-electron chi connectivity index (χ2n) is 6.66. The molecule has 2 aromatic heterocycles. The van der Waals surface area contributed by atoms with E-state index < -0.39 is 8.07 Å². The Morgan fingerprint density at radius 3 is 2.78 bits per heavy atom. The van der Waals surface area contributed by atoms with Gasteiger partial charge in [-0.3, -0.25) is 0 Å². The summed E-state index contributed by atoms with van der Waals surface area (Å²) in [6.45, 7) is 14.8. The van der Waals surface area contributed by atoms with Gasteiger partial charge in [-0.15, -0.1) is 0 Å². The monoisotopic (exact) mass is 352 g/mol. The molecule has 7 heteroatoms. The van der Waals surface area contributed by atoms with E-state index in [9.17, 15) is 0 Å². The van der Waals surface area contributed by atoms with Gasteiger partial charge >= 0.3 is 0 Å². The summed E-state index contributed by atoms with van der Waals surface area (Å²) in [6.07, 6.45) is 1.77. The second-order valence-corrected chi connectivity index (χ2v) is 12.7. The molecule has 2 rings (SSSR count). The average Bonchev–Trinajstić information content (AvgIpc) is 2.80. The topological polar surface area (TPSA) is 52.0 Å². The number of aromatic nitrogens is 3. The van der Waals surface area contributed by atoms with Gasteiger partial charge in [-0.2, -0.15) is 5.10 Å². The molecule has 0 bridgehead atoms. The van der Waals surface area contributed by atoms with Crippen LogP contribution in [0, 0.1) is 0 Å². The lowest BCUT2D eigenvalue weighted by atomic mass is 10.2. The van der Waals surface area contributed by atoms with E-state index in [1.54, 1.807) is 12.1 Å². The van der Waals surface area contributed by atoms with Crippen molar-refractivity contribution in [3.63, 3.8) is 0 Å². The molecule has 23 heavy (non-hydrogen) atoms. The third-order valence-corrected chi connectivity index (χ3v) is 5.37. The summed E-state index contributed by atoms with van der Waals surface area (Å²) >= 11 is 6.11. The molecule has 0 aliphatic carbocycles. The molecule has 0 radical (unpaired) electrons. The predicted octanol–water partition coefficient (Wildman–Crippen LogP) is 4.47. The lowest BCUT2D eigenvalue weighted by Crippen LogP contribution is -2.22. The molecule has 126 valence electrons. The van der Waals surface area contributed by atoms with Gasteiger partial charge in [0.05, 0.1) is 5.52 Å². The third-order valence-electron chi connectivity index (χ3n) is 3.47. The molecule has 0 aromatic carbocycles. The molecule has 0 fully saturated rings. The van der Waals surface area contributed by atoms with Gasteiger partial charge in [0.1, 0.15) is 17.4 Å². The average molecular weight is 353 g/mol. The van der Waals surface area contributed by atoms with Gasteiger partial charge < -0.3 is 10.1 Å². The minimum Gasteiger partial charge on any atom is -0.367 e. The highest BCUT2D eigenvalue weighted by Gasteiger charge is 2.16. The zero-order valence-corrected chi connectivity index (χ0v) is 16.1. The summed E-state index contributed by atoms with van der Waals surface area (Å²) in [7, 11) is -1.09. The summed E-state index contributed by atoms with van der Waals surface area (Å²) < 4.78 is 7.67. The molecule has 2 aromatic rings. The Morgan fingerprint density at radius 2 is 2.17 bits per heavy atom. The molecule has 0 saturated carbocycles. The molecule has 5 nitrogen and oxygen atoms in total. The summed E-state index contributed by atoms with van der Waals surface area (Å²) in [5, 5.41) is 8.25. The van der Waals surface area contributed by atoms with Gasteiger partial charge in [0, 0.05) is 26.8 Å². The normalized spacial score (nSPS) is 11.9. The molecule has 0 unspecified atom stereocenters. The van der Waals surface area contributed by atoms with Crippen molar-refractivity contribution in [3.8, 4) is 0 Å². The zero-order valence-electron chi connectivity index (χ0n) is 14.3. The maximum atomic E-state index is 6.11. The highest BCUT2D eigenvalue weighted by molar-refractivity contribution is 6.76. The van der Waals surface area contributed by atoms with Crippen molar-refractivity contribution in [1.29, 1.82) is 0 Å². The van der Waals surface area contributed by atoms with E-state index in [1.165, 1.54) is 0 Å².